The van der Waals surface area contributed by atoms with Crippen molar-refractivity contribution in [1.82, 2.24) is 10.3 Å². The molecule has 0 unspecified atom stereocenters. The summed E-state index contributed by atoms with van der Waals surface area (Å²) in [5.74, 6) is 0.00463. The molecule has 0 atom stereocenters. The summed E-state index contributed by atoms with van der Waals surface area (Å²) in [5.41, 5.74) is 11.6. The fourth-order valence-corrected chi connectivity index (χ4v) is 4.56. The van der Waals surface area contributed by atoms with Gasteiger partial charge in [0, 0.05) is 47.2 Å². The summed E-state index contributed by atoms with van der Waals surface area (Å²) in [4.78, 5) is 13.4. The van der Waals surface area contributed by atoms with Gasteiger partial charge in [-0.1, -0.05) is 54.6 Å². The maximum atomic E-state index is 12.2. The van der Waals surface area contributed by atoms with Crippen LogP contribution in [0.4, 0.5) is 0 Å². The first-order valence-electron chi connectivity index (χ1n) is 10.0. The fourth-order valence-electron chi connectivity index (χ4n) is 3.66. The minimum atomic E-state index is -3.33. The Balaban J connectivity index is 0.000000433. The van der Waals surface area contributed by atoms with Gasteiger partial charge in [-0.25, -0.2) is 8.42 Å². The van der Waals surface area contributed by atoms with E-state index in [1.165, 1.54) is 12.3 Å². The number of aromatic nitrogens is 1. The summed E-state index contributed by atoms with van der Waals surface area (Å²) >= 11 is 0. The number of carbonyl (C=O) groups excluding carboxylic acids is 1. The predicted molar refractivity (Wildman–Crippen MR) is 127 cm³/mol. The Kier molecular flexibility index (Phi) is 5.94. The van der Waals surface area contributed by atoms with Crippen LogP contribution in [-0.2, 0) is 21.2 Å². The van der Waals surface area contributed by atoms with E-state index in [0.29, 0.717) is 17.0 Å². The first-order chi connectivity index (χ1) is 15.4. The first-order valence-corrected chi connectivity index (χ1v) is 11.9. The highest BCUT2D eigenvalue weighted by molar-refractivity contribution is 7.90. The second kappa shape index (κ2) is 8.82. The van der Waals surface area contributed by atoms with E-state index in [-0.39, 0.29) is 5.91 Å². The molecule has 6 nitrogen and oxygen atoms in total. The smallest absolute Gasteiger partial charge is 0.249 e. The maximum absolute atomic E-state index is 12.2. The average molecular weight is 446 g/mol. The number of benzene rings is 3. The van der Waals surface area contributed by atoms with Crippen molar-refractivity contribution in [1.29, 1.82) is 0 Å². The number of fused-ring (bicyclic) bond motifs is 1. The molecule has 3 aromatic carbocycles. The topological polar surface area (TPSA) is 105 Å². The van der Waals surface area contributed by atoms with Crippen LogP contribution >= 0.6 is 0 Å². The third-order valence-electron chi connectivity index (χ3n) is 5.23. The van der Waals surface area contributed by atoms with E-state index in [9.17, 15) is 13.2 Å². The number of amides is 1. The van der Waals surface area contributed by atoms with Gasteiger partial charge in [0.05, 0.1) is 4.90 Å². The van der Waals surface area contributed by atoms with Gasteiger partial charge < -0.3 is 16.0 Å². The van der Waals surface area contributed by atoms with E-state index in [0.717, 1.165) is 33.3 Å². The van der Waals surface area contributed by atoms with Gasteiger partial charge in [-0.15, -0.1) is 0 Å². The second-order valence-electron chi connectivity index (χ2n) is 7.42. The highest BCUT2D eigenvalue weighted by atomic mass is 32.2. The summed E-state index contributed by atoms with van der Waals surface area (Å²) in [5, 5.41) is 3.43. The molecule has 162 valence electrons. The molecule has 1 aliphatic heterocycles. The van der Waals surface area contributed by atoms with Crippen LogP contribution in [-0.4, -0.2) is 25.6 Å². The van der Waals surface area contributed by atoms with Gasteiger partial charge in [-0.05, 0) is 34.9 Å². The monoisotopic (exact) mass is 445 g/mol. The number of nitrogens with one attached hydrogen (secondary N) is 2. The van der Waals surface area contributed by atoms with Crippen molar-refractivity contribution in [3.8, 4) is 22.4 Å². The molecule has 32 heavy (non-hydrogen) atoms. The molecule has 0 radical (unpaired) electrons. The normalized spacial score (nSPS) is 12.6. The lowest BCUT2D eigenvalue weighted by atomic mass is 9.96. The molecule has 1 aromatic heterocycles. The Bertz CT molecular complexity index is 1440. The van der Waals surface area contributed by atoms with Gasteiger partial charge in [0.1, 0.15) is 0 Å². The lowest BCUT2D eigenvalue weighted by Crippen LogP contribution is -2.22. The van der Waals surface area contributed by atoms with Crippen LogP contribution in [0.3, 0.4) is 0 Å². The SMILES string of the molecule is CS(=O)(=O)c1ccccc1-c1cc2c(-c3ccccc3CN)cccc2[nH]1.O=C1C=CN1. The molecular weight excluding hydrogens is 422 g/mol. The van der Waals surface area contributed by atoms with Gasteiger partial charge in [0.15, 0.2) is 9.84 Å². The number of hydrogen-bond acceptors (Lipinski definition) is 4. The minimum Gasteiger partial charge on any atom is -0.354 e. The zero-order valence-electron chi connectivity index (χ0n) is 17.5. The van der Waals surface area contributed by atoms with E-state index >= 15 is 0 Å². The van der Waals surface area contributed by atoms with Crippen molar-refractivity contribution >= 4 is 26.6 Å². The van der Waals surface area contributed by atoms with E-state index in [4.69, 9.17) is 5.73 Å². The van der Waals surface area contributed by atoms with E-state index in [1.807, 2.05) is 48.5 Å². The number of hydrogen-bond donors (Lipinski definition) is 3. The average Bonchev–Trinajstić information content (AvgIpc) is 3.22. The Morgan fingerprint density at radius 2 is 1.50 bits per heavy atom. The van der Waals surface area contributed by atoms with Crippen molar-refractivity contribution in [3.05, 3.63) is 90.6 Å². The van der Waals surface area contributed by atoms with Crippen LogP contribution < -0.4 is 11.1 Å². The predicted octanol–water partition coefficient (Wildman–Crippen LogP) is 3.99. The number of H-pyrrole nitrogens is 1. The summed E-state index contributed by atoms with van der Waals surface area (Å²) in [6.07, 6.45) is 4.31. The molecule has 0 fully saturated rings. The molecule has 4 aromatic rings. The Labute approximate surface area is 186 Å². The summed E-state index contributed by atoms with van der Waals surface area (Å²) < 4.78 is 24.4. The maximum Gasteiger partial charge on any atom is 0.249 e. The summed E-state index contributed by atoms with van der Waals surface area (Å²) in [7, 11) is -3.33. The molecule has 0 bridgehead atoms. The van der Waals surface area contributed by atoms with Gasteiger partial charge in [-0.2, -0.15) is 0 Å². The Hall–Kier alpha value is -3.68. The summed E-state index contributed by atoms with van der Waals surface area (Å²) in [6.45, 7) is 0.459. The van der Waals surface area contributed by atoms with Gasteiger partial charge >= 0.3 is 0 Å². The summed E-state index contributed by atoms with van der Waals surface area (Å²) in [6, 6.07) is 23.2. The Morgan fingerprint density at radius 1 is 0.875 bits per heavy atom. The van der Waals surface area contributed by atoms with Gasteiger partial charge in [-0.3, -0.25) is 4.79 Å². The zero-order valence-corrected chi connectivity index (χ0v) is 18.3. The standard InChI is InChI=1S/C22H20N2O2S.C3H3NO/c1-27(25,26)22-12-5-4-9-18(22)21-13-19-17(10-6-11-20(19)24-21)16-8-3-2-7-15(16)14-23;5-3-1-2-4-3/h2-13,24H,14,23H2,1H3;1-2H,(H,4,5). The number of sulfone groups is 1. The number of carbonyl (C=O) groups is 1. The molecule has 2 heterocycles. The third-order valence-corrected chi connectivity index (χ3v) is 6.38. The van der Waals surface area contributed by atoms with Crippen LogP contribution in [0.5, 0.6) is 0 Å². The molecule has 4 N–H and O–H groups in total. The molecule has 0 aliphatic carbocycles. The molecule has 5 rings (SSSR count). The third kappa shape index (κ3) is 4.34. The Morgan fingerprint density at radius 3 is 2.12 bits per heavy atom. The second-order valence-corrected chi connectivity index (χ2v) is 9.41. The largest absolute Gasteiger partial charge is 0.354 e. The number of nitrogens with two attached hydrogens (primary N) is 1. The van der Waals surface area contributed by atoms with Crippen molar-refractivity contribution in [2.45, 2.75) is 11.4 Å². The molecule has 0 saturated heterocycles. The zero-order chi connectivity index (χ0) is 22.7. The van der Waals surface area contributed by atoms with Crippen LogP contribution in [0.1, 0.15) is 5.56 Å². The van der Waals surface area contributed by atoms with Crippen molar-refractivity contribution < 1.29 is 13.2 Å². The molecule has 0 spiro atoms. The molecule has 7 heteroatoms. The fraction of sp³-hybridized carbons (Fsp3) is 0.0800. The van der Waals surface area contributed by atoms with Crippen LogP contribution in [0.25, 0.3) is 33.3 Å². The first kappa shape index (κ1) is 21.5. The highest BCUT2D eigenvalue weighted by Crippen LogP contribution is 2.35. The van der Waals surface area contributed by atoms with Crippen molar-refractivity contribution in [3.63, 3.8) is 0 Å². The van der Waals surface area contributed by atoms with E-state index in [2.05, 4.69) is 22.4 Å². The van der Waals surface area contributed by atoms with Crippen molar-refractivity contribution in [2.75, 3.05) is 6.26 Å². The van der Waals surface area contributed by atoms with Crippen LogP contribution in [0.15, 0.2) is 90.0 Å². The van der Waals surface area contributed by atoms with Gasteiger partial charge in [0.25, 0.3) is 0 Å². The lowest BCUT2D eigenvalue weighted by Gasteiger charge is -2.09. The molecule has 0 saturated carbocycles. The van der Waals surface area contributed by atoms with Gasteiger partial charge in [0.2, 0.25) is 5.91 Å². The van der Waals surface area contributed by atoms with E-state index in [1.54, 1.807) is 18.3 Å². The minimum absolute atomic E-state index is 0.00463. The highest BCUT2D eigenvalue weighted by Gasteiger charge is 2.17. The van der Waals surface area contributed by atoms with Crippen LogP contribution in [0, 0.1) is 0 Å². The molecular formula is C25H23N3O3S. The number of aromatic amines is 1. The van der Waals surface area contributed by atoms with E-state index < -0.39 is 9.84 Å². The number of rotatable bonds is 4. The molecule has 1 aliphatic rings. The molecule has 1 amide bonds. The quantitative estimate of drug-likeness (QED) is 0.442. The van der Waals surface area contributed by atoms with Crippen LogP contribution in [0.2, 0.25) is 0 Å². The lowest BCUT2D eigenvalue weighted by molar-refractivity contribution is -0.117. The van der Waals surface area contributed by atoms with Crippen molar-refractivity contribution in [2.24, 2.45) is 5.73 Å².